The lowest BCUT2D eigenvalue weighted by Crippen LogP contribution is -2.02. The molecular weight excluding hydrogens is 328 g/mol. The summed E-state index contributed by atoms with van der Waals surface area (Å²) in [6.07, 6.45) is 0. The van der Waals surface area contributed by atoms with Crippen LogP contribution in [-0.2, 0) is 6.54 Å². The molecule has 0 bridgehead atoms. The molecule has 3 nitrogen and oxygen atoms in total. The molecule has 0 amide bonds. The number of anilines is 1. The van der Waals surface area contributed by atoms with E-state index in [0.717, 1.165) is 26.9 Å². The Balaban J connectivity index is 1.79. The van der Waals surface area contributed by atoms with Crippen LogP contribution in [0.1, 0.15) is 5.56 Å². The number of para-hydroxylation sites is 1. The van der Waals surface area contributed by atoms with Gasteiger partial charge in [0.15, 0.2) is 0 Å². The largest absolute Gasteiger partial charge is 0.497 e. The van der Waals surface area contributed by atoms with Crippen molar-refractivity contribution in [3.63, 3.8) is 0 Å². The number of methoxy groups -OCH3 is 1. The summed E-state index contributed by atoms with van der Waals surface area (Å²) in [4.78, 5) is 4.64. The highest BCUT2D eigenvalue weighted by molar-refractivity contribution is 9.10. The average molecular weight is 343 g/mol. The fourth-order valence-electron chi connectivity index (χ4n) is 2.14. The molecule has 3 rings (SSSR count). The van der Waals surface area contributed by atoms with Gasteiger partial charge in [0.1, 0.15) is 11.6 Å². The van der Waals surface area contributed by atoms with Gasteiger partial charge in [-0.25, -0.2) is 4.98 Å². The monoisotopic (exact) mass is 342 g/mol. The van der Waals surface area contributed by atoms with Gasteiger partial charge in [0.2, 0.25) is 0 Å². The number of pyridine rings is 1. The molecule has 1 N–H and O–H groups in total. The van der Waals surface area contributed by atoms with E-state index in [4.69, 9.17) is 4.74 Å². The van der Waals surface area contributed by atoms with E-state index in [0.29, 0.717) is 6.54 Å². The Labute approximate surface area is 132 Å². The maximum absolute atomic E-state index is 5.16. The summed E-state index contributed by atoms with van der Waals surface area (Å²) in [5.74, 6) is 1.72. The fraction of sp³-hybridized carbons (Fsp3) is 0.118. The van der Waals surface area contributed by atoms with Crippen LogP contribution in [0.4, 0.5) is 5.82 Å². The van der Waals surface area contributed by atoms with Gasteiger partial charge >= 0.3 is 0 Å². The van der Waals surface area contributed by atoms with Crippen molar-refractivity contribution in [2.45, 2.75) is 6.54 Å². The highest BCUT2D eigenvalue weighted by Gasteiger charge is 2.04. The van der Waals surface area contributed by atoms with Gasteiger partial charge < -0.3 is 10.1 Å². The maximum atomic E-state index is 5.16. The fourth-order valence-corrected chi connectivity index (χ4v) is 2.62. The van der Waals surface area contributed by atoms with E-state index in [2.05, 4.69) is 38.4 Å². The lowest BCUT2D eigenvalue weighted by atomic mass is 10.2. The maximum Gasteiger partial charge on any atom is 0.141 e. The number of hydrogen-bond acceptors (Lipinski definition) is 3. The van der Waals surface area contributed by atoms with Crippen LogP contribution in [0, 0.1) is 0 Å². The lowest BCUT2D eigenvalue weighted by Gasteiger charge is -2.09. The Morgan fingerprint density at radius 1 is 1.10 bits per heavy atom. The van der Waals surface area contributed by atoms with Crippen LogP contribution in [0.2, 0.25) is 0 Å². The number of halogens is 1. The highest BCUT2D eigenvalue weighted by Crippen LogP contribution is 2.25. The number of fused-ring (bicyclic) bond motifs is 1. The second-order valence-electron chi connectivity index (χ2n) is 4.71. The molecule has 0 aliphatic carbocycles. The van der Waals surface area contributed by atoms with Crippen molar-refractivity contribution < 1.29 is 4.74 Å². The van der Waals surface area contributed by atoms with Gasteiger partial charge in [-0.2, -0.15) is 0 Å². The molecule has 2 aromatic carbocycles. The van der Waals surface area contributed by atoms with Gasteiger partial charge in [0, 0.05) is 11.9 Å². The predicted octanol–water partition coefficient (Wildman–Crippen LogP) is 4.62. The Hall–Kier alpha value is -2.07. The normalized spacial score (nSPS) is 10.6. The van der Waals surface area contributed by atoms with Crippen LogP contribution in [-0.4, -0.2) is 12.1 Å². The molecule has 3 aromatic rings. The molecule has 4 heteroatoms. The molecule has 0 atom stereocenters. The molecule has 0 aliphatic heterocycles. The first-order chi connectivity index (χ1) is 10.3. The Kier molecular flexibility index (Phi) is 4.06. The van der Waals surface area contributed by atoms with Gasteiger partial charge in [0.05, 0.1) is 17.1 Å². The van der Waals surface area contributed by atoms with Crippen molar-refractivity contribution >= 4 is 32.7 Å². The summed E-state index contributed by atoms with van der Waals surface area (Å²) >= 11 is 3.57. The first kappa shape index (κ1) is 13.9. The van der Waals surface area contributed by atoms with Crippen LogP contribution < -0.4 is 10.1 Å². The van der Waals surface area contributed by atoms with Gasteiger partial charge in [-0.05, 0) is 45.8 Å². The highest BCUT2D eigenvalue weighted by atomic mass is 79.9. The quantitative estimate of drug-likeness (QED) is 0.751. The first-order valence-corrected chi connectivity index (χ1v) is 7.47. The number of aromatic nitrogens is 1. The van der Waals surface area contributed by atoms with Crippen LogP contribution >= 0.6 is 15.9 Å². The molecule has 0 unspecified atom stereocenters. The average Bonchev–Trinajstić information content (AvgIpc) is 2.53. The molecule has 0 radical (unpaired) electrons. The number of benzene rings is 2. The summed E-state index contributed by atoms with van der Waals surface area (Å²) in [5.41, 5.74) is 2.16. The van der Waals surface area contributed by atoms with E-state index in [1.165, 1.54) is 5.56 Å². The number of nitrogens with zero attached hydrogens (tertiary/aromatic N) is 1. The topological polar surface area (TPSA) is 34.1 Å². The Morgan fingerprint density at radius 2 is 1.86 bits per heavy atom. The SMILES string of the molecule is COc1ccc(CNc2nc3ccccc3cc2Br)cc1. The van der Waals surface area contributed by atoms with Gasteiger partial charge in [0.25, 0.3) is 0 Å². The molecule has 0 spiro atoms. The predicted molar refractivity (Wildman–Crippen MR) is 89.8 cm³/mol. The van der Waals surface area contributed by atoms with Crippen LogP contribution in [0.3, 0.4) is 0 Å². The number of ether oxygens (including phenoxy) is 1. The molecule has 0 aliphatic rings. The summed E-state index contributed by atoms with van der Waals surface area (Å²) in [6.45, 7) is 0.716. The Bertz CT molecular complexity index is 756. The van der Waals surface area contributed by atoms with E-state index in [1.807, 2.05) is 42.5 Å². The third-order valence-electron chi connectivity index (χ3n) is 3.30. The van der Waals surface area contributed by atoms with Crippen LogP contribution in [0.5, 0.6) is 5.75 Å². The lowest BCUT2D eigenvalue weighted by molar-refractivity contribution is 0.414. The molecule has 1 aromatic heterocycles. The zero-order valence-electron chi connectivity index (χ0n) is 11.6. The summed E-state index contributed by atoms with van der Waals surface area (Å²) in [6, 6.07) is 18.2. The first-order valence-electron chi connectivity index (χ1n) is 6.68. The molecule has 1 heterocycles. The number of nitrogens with one attached hydrogen (secondary N) is 1. The number of hydrogen-bond donors (Lipinski definition) is 1. The summed E-state index contributed by atoms with van der Waals surface area (Å²) < 4.78 is 6.13. The molecule has 21 heavy (non-hydrogen) atoms. The second-order valence-corrected chi connectivity index (χ2v) is 5.57. The van der Waals surface area contributed by atoms with Crippen molar-refractivity contribution in [1.82, 2.24) is 4.98 Å². The standard InChI is InChI=1S/C17H15BrN2O/c1-21-14-8-6-12(7-9-14)11-19-17-15(18)10-13-4-2-3-5-16(13)20-17/h2-10H,11H2,1H3,(H,19,20). The van der Waals surface area contributed by atoms with Crippen molar-refractivity contribution in [3.05, 3.63) is 64.6 Å². The smallest absolute Gasteiger partial charge is 0.141 e. The minimum absolute atomic E-state index is 0.716. The van der Waals surface area contributed by atoms with E-state index in [9.17, 15) is 0 Å². The van der Waals surface area contributed by atoms with Crippen molar-refractivity contribution in [2.24, 2.45) is 0 Å². The van der Waals surface area contributed by atoms with Crippen molar-refractivity contribution in [3.8, 4) is 5.75 Å². The third-order valence-corrected chi connectivity index (χ3v) is 3.90. The van der Waals surface area contributed by atoms with Crippen molar-refractivity contribution in [2.75, 3.05) is 12.4 Å². The van der Waals surface area contributed by atoms with Gasteiger partial charge in [-0.15, -0.1) is 0 Å². The Morgan fingerprint density at radius 3 is 2.62 bits per heavy atom. The zero-order valence-corrected chi connectivity index (χ0v) is 13.2. The molecule has 0 saturated carbocycles. The van der Waals surface area contributed by atoms with Crippen LogP contribution in [0.25, 0.3) is 10.9 Å². The molecule has 0 fully saturated rings. The summed E-state index contributed by atoms with van der Waals surface area (Å²) in [7, 11) is 1.67. The van der Waals surface area contributed by atoms with Gasteiger partial charge in [-0.1, -0.05) is 30.3 Å². The van der Waals surface area contributed by atoms with E-state index in [1.54, 1.807) is 7.11 Å². The van der Waals surface area contributed by atoms with Crippen LogP contribution in [0.15, 0.2) is 59.1 Å². The molecule has 106 valence electrons. The van der Waals surface area contributed by atoms with Gasteiger partial charge in [-0.3, -0.25) is 0 Å². The van der Waals surface area contributed by atoms with E-state index < -0.39 is 0 Å². The summed E-state index contributed by atoms with van der Waals surface area (Å²) in [5, 5.41) is 4.48. The van der Waals surface area contributed by atoms with E-state index in [-0.39, 0.29) is 0 Å². The minimum Gasteiger partial charge on any atom is -0.497 e. The van der Waals surface area contributed by atoms with Crippen molar-refractivity contribution in [1.29, 1.82) is 0 Å². The number of rotatable bonds is 4. The molecular formula is C17H15BrN2O. The zero-order chi connectivity index (χ0) is 14.7. The second kappa shape index (κ2) is 6.14. The molecule has 0 saturated heterocycles. The minimum atomic E-state index is 0.716. The van der Waals surface area contributed by atoms with E-state index >= 15 is 0 Å². The third kappa shape index (κ3) is 3.16.